The Morgan fingerprint density at radius 1 is 0.609 bits per heavy atom. The molecule has 0 aromatic heterocycles. The normalized spacial score (nSPS) is 30.3. The summed E-state index contributed by atoms with van der Waals surface area (Å²) in [5, 5.41) is 25.4. The van der Waals surface area contributed by atoms with Crippen LogP contribution in [0.25, 0.3) is 10.9 Å². The first-order valence-electron chi connectivity index (χ1n) is 6.31. The van der Waals surface area contributed by atoms with Gasteiger partial charge in [-0.3, -0.25) is 20.4 Å². The van der Waals surface area contributed by atoms with Gasteiger partial charge in [-0.15, -0.1) is 23.5 Å². The molecule has 0 aromatic rings. The SMILES string of the molecule is CS/C1=N/N=C(C)/C(C)=N\[N-]\C(SC)=N/N=C(C)/C(C)=N\[N-]1.[Ni+2]. The van der Waals surface area contributed by atoms with Crippen molar-refractivity contribution in [3.63, 3.8) is 0 Å². The van der Waals surface area contributed by atoms with E-state index in [9.17, 15) is 0 Å². The van der Waals surface area contributed by atoms with Crippen LogP contribution in [-0.4, -0.2) is 45.7 Å². The number of hydrogen-bond donors (Lipinski definition) is 0. The van der Waals surface area contributed by atoms with Crippen molar-refractivity contribution in [1.29, 1.82) is 0 Å². The van der Waals surface area contributed by atoms with Crippen LogP contribution in [0.5, 0.6) is 0 Å². The van der Waals surface area contributed by atoms with Crippen LogP contribution < -0.4 is 0 Å². The first kappa shape index (κ1) is 21.8. The van der Waals surface area contributed by atoms with Gasteiger partial charge in [0, 0.05) is 10.3 Å². The van der Waals surface area contributed by atoms with E-state index in [1.165, 1.54) is 23.5 Å². The summed E-state index contributed by atoms with van der Waals surface area (Å²) in [5.41, 5.74) is 10.7. The minimum absolute atomic E-state index is 0. The molecule has 1 aliphatic rings. The van der Waals surface area contributed by atoms with Crippen molar-refractivity contribution >= 4 is 56.7 Å². The van der Waals surface area contributed by atoms with Crippen molar-refractivity contribution in [3.8, 4) is 0 Å². The predicted octanol–water partition coefficient (Wildman–Crippen LogP) is 3.69. The predicted molar refractivity (Wildman–Crippen MR) is 101 cm³/mol. The third kappa shape index (κ3) is 7.76. The van der Waals surface area contributed by atoms with Crippen molar-refractivity contribution in [2.75, 3.05) is 12.5 Å². The van der Waals surface area contributed by atoms with E-state index in [1.54, 1.807) is 27.7 Å². The van der Waals surface area contributed by atoms with Crippen molar-refractivity contribution < 1.29 is 16.5 Å². The molecule has 0 fully saturated rings. The number of nitrogens with zero attached hydrogens (tertiary/aromatic N) is 8. The topological polar surface area (TPSA) is 102 Å². The molecule has 0 saturated carbocycles. The molecule has 0 aromatic carbocycles. The second-order valence-electron chi connectivity index (χ2n) is 4.12. The smallest absolute Gasteiger partial charge is 0.346 e. The molecule has 1 rings (SSSR count). The maximum Gasteiger partial charge on any atom is 2.00 e. The molecular weight excluding hydrogens is 379 g/mol. The molecule has 23 heavy (non-hydrogen) atoms. The Balaban J connectivity index is 0.00000484. The van der Waals surface area contributed by atoms with Gasteiger partial charge in [0.15, 0.2) is 0 Å². The molecule has 8 nitrogen and oxygen atoms in total. The van der Waals surface area contributed by atoms with Gasteiger partial charge in [0.05, 0.1) is 22.8 Å². The number of hydrogen-bond acceptors (Lipinski definition) is 8. The second-order valence-corrected chi connectivity index (χ2v) is 5.66. The maximum atomic E-state index is 4.09. The molecule has 128 valence electrons. The minimum atomic E-state index is 0. The molecule has 0 atom stereocenters. The van der Waals surface area contributed by atoms with Crippen LogP contribution in [0.4, 0.5) is 0 Å². The Kier molecular flexibility index (Phi) is 10.8. The zero-order valence-electron chi connectivity index (χ0n) is 13.7. The fraction of sp³-hybridized carbons (Fsp3) is 0.500. The van der Waals surface area contributed by atoms with Crippen LogP contribution in [-0.2, 0) is 16.5 Å². The van der Waals surface area contributed by atoms with Crippen LogP contribution in [0.3, 0.4) is 0 Å². The van der Waals surface area contributed by atoms with E-state index < -0.39 is 0 Å². The quantitative estimate of drug-likeness (QED) is 0.582. The zero-order chi connectivity index (χ0) is 16.5. The first-order valence-corrected chi connectivity index (χ1v) is 8.76. The van der Waals surface area contributed by atoms with Gasteiger partial charge in [0.25, 0.3) is 0 Å². The fourth-order valence-corrected chi connectivity index (χ4v) is 1.45. The van der Waals surface area contributed by atoms with Gasteiger partial charge in [-0.1, -0.05) is 0 Å². The summed E-state index contributed by atoms with van der Waals surface area (Å²) in [6.07, 6.45) is 3.71. The van der Waals surface area contributed by atoms with Gasteiger partial charge in [-0.25, -0.2) is 0 Å². The Morgan fingerprint density at radius 2 is 0.957 bits per heavy atom. The summed E-state index contributed by atoms with van der Waals surface area (Å²) >= 11 is 2.70. The van der Waals surface area contributed by atoms with E-state index in [1.807, 2.05) is 12.5 Å². The summed E-state index contributed by atoms with van der Waals surface area (Å²) in [7, 11) is 0. The van der Waals surface area contributed by atoms with E-state index in [0.29, 0.717) is 33.2 Å². The third-order valence-corrected chi connectivity index (χ3v) is 3.61. The van der Waals surface area contributed by atoms with Crippen LogP contribution in [0.15, 0.2) is 30.6 Å². The van der Waals surface area contributed by atoms with Crippen molar-refractivity contribution in [2.45, 2.75) is 27.7 Å². The van der Waals surface area contributed by atoms with Gasteiger partial charge in [-0.2, -0.15) is 0 Å². The molecule has 1 heterocycles. The molecule has 0 bridgehead atoms. The van der Waals surface area contributed by atoms with Crippen molar-refractivity contribution in [2.24, 2.45) is 30.6 Å². The van der Waals surface area contributed by atoms with E-state index >= 15 is 0 Å². The standard InChI is InChI=1S/C12H18N8S2.Ni/c1-7-8(2)14-18-12(22-6)20-16-10(4)9(3)15-19-11(21-5)17-13-7;/h1-6H3;/q-2;+2/b13-7-,14-8+,15-9+,16-10-;. The van der Waals surface area contributed by atoms with Crippen LogP contribution >= 0.6 is 23.5 Å². The molecule has 0 amide bonds. The fourth-order valence-electron chi connectivity index (χ4n) is 0.964. The maximum absolute atomic E-state index is 4.09. The molecule has 1 aliphatic heterocycles. The Labute approximate surface area is 154 Å². The molecule has 0 aliphatic carbocycles. The third-order valence-electron chi connectivity index (χ3n) is 2.55. The summed E-state index contributed by atoms with van der Waals surface area (Å²) in [4.78, 5) is 0. The summed E-state index contributed by atoms with van der Waals surface area (Å²) in [5.74, 6) is 0. The van der Waals surface area contributed by atoms with Gasteiger partial charge in [-0.05, 0) is 40.2 Å². The van der Waals surface area contributed by atoms with Gasteiger partial charge < -0.3 is 21.1 Å². The van der Waals surface area contributed by atoms with Crippen LogP contribution in [0, 0.1) is 0 Å². The molecule has 0 saturated heterocycles. The molecule has 0 spiro atoms. The molecular formula is C12H18N8NiS2. The monoisotopic (exact) mass is 396 g/mol. The van der Waals surface area contributed by atoms with E-state index in [-0.39, 0.29) is 16.5 Å². The molecule has 11 heteroatoms. The summed E-state index contributed by atoms with van der Waals surface area (Å²) in [6, 6.07) is 0. The van der Waals surface area contributed by atoms with Crippen molar-refractivity contribution in [3.05, 3.63) is 10.9 Å². The first-order chi connectivity index (χ1) is 10.5. The Bertz CT molecular complexity index is 540. The van der Waals surface area contributed by atoms with Crippen LogP contribution in [0.1, 0.15) is 27.7 Å². The second kappa shape index (κ2) is 11.4. The van der Waals surface area contributed by atoms with E-state index in [4.69, 9.17) is 0 Å². The van der Waals surface area contributed by atoms with Crippen LogP contribution in [0.2, 0.25) is 0 Å². The largest absolute Gasteiger partial charge is 2.00 e. The number of thioether (sulfide) groups is 2. The molecule has 0 unspecified atom stereocenters. The van der Waals surface area contributed by atoms with Gasteiger partial charge in [0.2, 0.25) is 0 Å². The Hall–Kier alpha value is -1.19. The van der Waals surface area contributed by atoms with E-state index in [2.05, 4.69) is 41.5 Å². The summed E-state index contributed by atoms with van der Waals surface area (Å²) < 4.78 is 0. The number of amidine groups is 2. The van der Waals surface area contributed by atoms with Gasteiger partial charge >= 0.3 is 16.5 Å². The minimum Gasteiger partial charge on any atom is -0.346 e. The zero-order valence-corrected chi connectivity index (χ0v) is 16.3. The van der Waals surface area contributed by atoms with Gasteiger partial charge in [0.1, 0.15) is 0 Å². The molecule has 0 N–H and O–H groups in total. The van der Waals surface area contributed by atoms with Crippen molar-refractivity contribution in [1.82, 2.24) is 0 Å². The Morgan fingerprint density at radius 3 is 1.26 bits per heavy atom. The average molecular weight is 397 g/mol. The van der Waals surface area contributed by atoms with E-state index in [0.717, 1.165) is 0 Å². The number of rotatable bonds is 0. The summed E-state index contributed by atoms with van der Waals surface area (Å²) in [6.45, 7) is 7.20. The average Bonchev–Trinajstić information content (AvgIpc) is 2.53. The molecule has 0 radical (unpaired) electrons.